The van der Waals surface area contributed by atoms with E-state index in [1.165, 1.54) is 6.42 Å². The van der Waals surface area contributed by atoms with Crippen molar-refractivity contribution in [1.82, 2.24) is 25.6 Å². The summed E-state index contributed by atoms with van der Waals surface area (Å²) in [5.74, 6) is -0.0797. The molecule has 1 aromatic heterocycles. The van der Waals surface area contributed by atoms with Crippen LogP contribution in [0.1, 0.15) is 67.7 Å². The van der Waals surface area contributed by atoms with Crippen molar-refractivity contribution in [3.63, 3.8) is 0 Å². The van der Waals surface area contributed by atoms with Crippen molar-refractivity contribution >= 4 is 5.91 Å². The number of piperidine rings is 1. The summed E-state index contributed by atoms with van der Waals surface area (Å²) in [4.78, 5) is 12.8. The Kier molecular flexibility index (Phi) is 4.54. The van der Waals surface area contributed by atoms with Crippen molar-refractivity contribution in [3.05, 3.63) is 11.4 Å². The van der Waals surface area contributed by atoms with Crippen molar-refractivity contribution in [2.75, 3.05) is 19.7 Å². The zero-order valence-electron chi connectivity index (χ0n) is 15.3. The molecule has 7 heteroatoms. The van der Waals surface area contributed by atoms with Gasteiger partial charge in [-0.05, 0) is 59.0 Å². The topological polar surface area (TPSA) is 81.1 Å². The first-order chi connectivity index (χ1) is 12.2. The van der Waals surface area contributed by atoms with Crippen molar-refractivity contribution < 1.29 is 9.53 Å². The molecule has 1 aromatic rings. The highest BCUT2D eigenvalue weighted by molar-refractivity contribution is 5.93. The summed E-state index contributed by atoms with van der Waals surface area (Å²) in [5, 5.41) is 15.1. The van der Waals surface area contributed by atoms with E-state index in [1.54, 1.807) is 0 Å². The molecule has 2 saturated carbocycles. The fourth-order valence-electron chi connectivity index (χ4n) is 4.82. The lowest BCUT2D eigenvalue weighted by Crippen LogP contribution is -2.67. The average Bonchev–Trinajstić information content (AvgIpc) is 2.94. The SMILES string of the molecule is CCO[C@H]1C[C@H](NC(=O)c2nnn(C3CCNCC3)c2C)C12CCC2. The van der Waals surface area contributed by atoms with Gasteiger partial charge in [-0.1, -0.05) is 11.6 Å². The first-order valence-electron chi connectivity index (χ1n) is 9.70. The lowest BCUT2D eigenvalue weighted by atomic mass is 9.51. The third-order valence-electron chi connectivity index (χ3n) is 6.54. The van der Waals surface area contributed by atoms with Crippen molar-refractivity contribution in [1.29, 1.82) is 0 Å². The number of hydrogen-bond donors (Lipinski definition) is 2. The van der Waals surface area contributed by atoms with Gasteiger partial charge in [-0.3, -0.25) is 4.79 Å². The average molecular weight is 347 g/mol. The van der Waals surface area contributed by atoms with E-state index in [0.717, 1.165) is 57.5 Å². The lowest BCUT2D eigenvalue weighted by Gasteiger charge is -2.60. The fraction of sp³-hybridized carbons (Fsp3) is 0.833. The van der Waals surface area contributed by atoms with Gasteiger partial charge in [0.15, 0.2) is 5.69 Å². The van der Waals surface area contributed by atoms with Crippen LogP contribution in [0.25, 0.3) is 0 Å². The monoisotopic (exact) mass is 347 g/mol. The largest absolute Gasteiger partial charge is 0.378 e. The molecular weight excluding hydrogens is 318 g/mol. The van der Waals surface area contributed by atoms with Crippen LogP contribution in [-0.4, -0.2) is 52.7 Å². The maximum absolute atomic E-state index is 12.8. The molecule has 1 saturated heterocycles. The van der Waals surface area contributed by atoms with E-state index in [4.69, 9.17) is 4.74 Å². The van der Waals surface area contributed by atoms with E-state index in [0.29, 0.717) is 17.8 Å². The Balaban J connectivity index is 1.43. The van der Waals surface area contributed by atoms with Crippen LogP contribution in [0.5, 0.6) is 0 Å². The third-order valence-corrected chi connectivity index (χ3v) is 6.54. The van der Waals surface area contributed by atoms with Gasteiger partial charge in [-0.25, -0.2) is 4.68 Å². The van der Waals surface area contributed by atoms with Crippen LogP contribution >= 0.6 is 0 Å². The smallest absolute Gasteiger partial charge is 0.273 e. The van der Waals surface area contributed by atoms with Gasteiger partial charge in [0.1, 0.15) is 0 Å². The highest BCUT2D eigenvalue weighted by Gasteiger charge is 2.59. The molecular formula is C18H29N5O2. The second-order valence-electron chi connectivity index (χ2n) is 7.74. The van der Waals surface area contributed by atoms with Gasteiger partial charge in [0.05, 0.1) is 17.8 Å². The van der Waals surface area contributed by atoms with E-state index in [-0.39, 0.29) is 17.4 Å². The summed E-state index contributed by atoms with van der Waals surface area (Å²) in [6, 6.07) is 0.563. The van der Waals surface area contributed by atoms with E-state index in [1.807, 2.05) is 18.5 Å². The standard InChI is InChI=1S/C18H29N5O2/c1-3-25-15-11-14(18(15)7-4-8-18)20-17(24)16-12(2)23(22-21-16)13-5-9-19-10-6-13/h13-15,19H,3-11H2,1-2H3,(H,20,24)/t14-,15-/m0/s1. The van der Waals surface area contributed by atoms with Crippen LogP contribution in [0.4, 0.5) is 0 Å². The maximum Gasteiger partial charge on any atom is 0.273 e. The van der Waals surface area contributed by atoms with Gasteiger partial charge in [0.25, 0.3) is 5.91 Å². The Hall–Kier alpha value is -1.47. The molecule has 7 nitrogen and oxygen atoms in total. The molecule has 0 bridgehead atoms. The molecule has 138 valence electrons. The Labute approximate surface area is 148 Å². The number of carbonyl (C=O) groups is 1. The highest BCUT2D eigenvalue weighted by Crippen LogP contribution is 2.57. The summed E-state index contributed by atoms with van der Waals surface area (Å²) in [5.41, 5.74) is 1.53. The number of nitrogens with zero attached hydrogens (tertiary/aromatic N) is 3. The van der Waals surface area contributed by atoms with Crippen LogP contribution in [-0.2, 0) is 4.74 Å². The molecule has 2 atom stereocenters. The van der Waals surface area contributed by atoms with Gasteiger partial charge in [0.2, 0.25) is 0 Å². The quantitative estimate of drug-likeness (QED) is 0.845. The third kappa shape index (κ3) is 2.77. The van der Waals surface area contributed by atoms with Crippen LogP contribution in [0.15, 0.2) is 0 Å². The number of rotatable bonds is 5. The molecule has 2 aliphatic carbocycles. The van der Waals surface area contributed by atoms with Crippen molar-refractivity contribution in [2.24, 2.45) is 5.41 Å². The van der Waals surface area contributed by atoms with Gasteiger partial charge < -0.3 is 15.4 Å². The fourth-order valence-corrected chi connectivity index (χ4v) is 4.82. The predicted molar refractivity (Wildman–Crippen MR) is 93.5 cm³/mol. The molecule has 4 rings (SSSR count). The molecule has 2 N–H and O–H groups in total. The Morgan fingerprint density at radius 2 is 2.16 bits per heavy atom. The number of amides is 1. The second-order valence-corrected chi connectivity index (χ2v) is 7.74. The Morgan fingerprint density at radius 1 is 1.40 bits per heavy atom. The minimum atomic E-state index is -0.0797. The molecule has 0 unspecified atom stereocenters. The lowest BCUT2D eigenvalue weighted by molar-refractivity contribution is -0.169. The molecule has 0 radical (unpaired) electrons. The van der Waals surface area contributed by atoms with Crippen LogP contribution in [0.3, 0.4) is 0 Å². The van der Waals surface area contributed by atoms with Crippen molar-refractivity contribution in [3.8, 4) is 0 Å². The molecule has 25 heavy (non-hydrogen) atoms. The predicted octanol–water partition coefficient (Wildman–Crippen LogP) is 1.59. The molecule has 1 amide bonds. The Bertz CT molecular complexity index is 633. The van der Waals surface area contributed by atoms with Crippen LogP contribution in [0, 0.1) is 12.3 Å². The summed E-state index contributed by atoms with van der Waals surface area (Å²) in [6.07, 6.45) is 6.84. The van der Waals surface area contributed by atoms with Gasteiger partial charge in [0, 0.05) is 18.1 Å². The van der Waals surface area contributed by atoms with Crippen molar-refractivity contribution in [2.45, 2.75) is 70.6 Å². The molecule has 1 spiro atoms. The van der Waals surface area contributed by atoms with Gasteiger partial charge >= 0.3 is 0 Å². The number of hydrogen-bond acceptors (Lipinski definition) is 5. The Morgan fingerprint density at radius 3 is 2.80 bits per heavy atom. The van der Waals surface area contributed by atoms with Gasteiger partial charge in [-0.2, -0.15) is 0 Å². The van der Waals surface area contributed by atoms with E-state index < -0.39 is 0 Å². The summed E-state index contributed by atoms with van der Waals surface area (Å²) >= 11 is 0. The molecule has 3 fully saturated rings. The highest BCUT2D eigenvalue weighted by atomic mass is 16.5. The maximum atomic E-state index is 12.8. The van der Waals surface area contributed by atoms with E-state index in [2.05, 4.69) is 20.9 Å². The summed E-state index contributed by atoms with van der Waals surface area (Å²) < 4.78 is 7.81. The molecule has 1 aliphatic heterocycles. The van der Waals surface area contributed by atoms with Crippen LogP contribution < -0.4 is 10.6 Å². The normalized spacial score (nSPS) is 28.4. The zero-order chi connectivity index (χ0) is 17.4. The second kappa shape index (κ2) is 6.68. The molecule has 0 aromatic carbocycles. The number of nitrogens with one attached hydrogen (secondary N) is 2. The summed E-state index contributed by atoms with van der Waals surface area (Å²) in [6.45, 7) is 6.74. The number of aromatic nitrogens is 3. The van der Waals surface area contributed by atoms with E-state index in [9.17, 15) is 4.79 Å². The first kappa shape index (κ1) is 17.0. The summed E-state index contributed by atoms with van der Waals surface area (Å²) in [7, 11) is 0. The first-order valence-corrected chi connectivity index (χ1v) is 9.70. The molecule has 2 heterocycles. The molecule has 3 aliphatic rings. The zero-order valence-corrected chi connectivity index (χ0v) is 15.3. The van der Waals surface area contributed by atoms with Crippen LogP contribution in [0.2, 0.25) is 0 Å². The van der Waals surface area contributed by atoms with Gasteiger partial charge in [-0.15, -0.1) is 5.10 Å². The minimum Gasteiger partial charge on any atom is -0.378 e. The number of carbonyl (C=O) groups excluding carboxylic acids is 1. The van der Waals surface area contributed by atoms with E-state index >= 15 is 0 Å². The minimum absolute atomic E-state index is 0.0797. The number of ether oxygens (including phenoxy) is 1.